The second-order valence-corrected chi connectivity index (χ2v) is 6.40. The van der Waals surface area contributed by atoms with Gasteiger partial charge in [-0.1, -0.05) is 61.9 Å². The smallest absolute Gasteiger partial charge is 0.268 e. The Bertz CT molecular complexity index is 840. The van der Waals surface area contributed by atoms with E-state index in [0.717, 1.165) is 28.9 Å². The molecular formula is C20H22N2O. The molecule has 0 aliphatic rings. The third-order valence-electron chi connectivity index (χ3n) is 3.95. The maximum Gasteiger partial charge on any atom is 0.268 e. The lowest BCUT2D eigenvalue weighted by molar-refractivity contribution is 0.645. The monoisotopic (exact) mass is 306 g/mol. The first-order chi connectivity index (χ1) is 11.1. The second kappa shape index (κ2) is 6.29. The zero-order valence-corrected chi connectivity index (χ0v) is 13.8. The van der Waals surface area contributed by atoms with Gasteiger partial charge >= 0.3 is 0 Å². The van der Waals surface area contributed by atoms with Gasteiger partial charge < -0.3 is 0 Å². The minimum absolute atomic E-state index is 0.00173. The first-order valence-corrected chi connectivity index (χ1v) is 8.02. The molecule has 0 fully saturated rings. The molecule has 0 atom stereocenters. The molecule has 0 spiro atoms. The molecule has 3 aromatic rings. The minimum Gasteiger partial charge on any atom is -0.268 e. The Morgan fingerprint density at radius 1 is 1.00 bits per heavy atom. The molecule has 1 aromatic heterocycles. The lowest BCUT2D eigenvalue weighted by Crippen LogP contribution is -2.09. The van der Waals surface area contributed by atoms with E-state index in [-0.39, 0.29) is 5.56 Å². The highest BCUT2D eigenvalue weighted by molar-refractivity contribution is 5.66. The van der Waals surface area contributed by atoms with Crippen molar-refractivity contribution >= 4 is 0 Å². The van der Waals surface area contributed by atoms with Crippen LogP contribution < -0.4 is 5.56 Å². The maximum atomic E-state index is 12.5. The molecule has 3 rings (SSSR count). The van der Waals surface area contributed by atoms with E-state index in [2.05, 4.69) is 50.1 Å². The molecule has 0 aliphatic carbocycles. The van der Waals surface area contributed by atoms with E-state index in [9.17, 15) is 4.79 Å². The van der Waals surface area contributed by atoms with Crippen LogP contribution in [0.2, 0.25) is 0 Å². The summed E-state index contributed by atoms with van der Waals surface area (Å²) in [4.78, 5) is 12.5. The maximum absolute atomic E-state index is 12.5. The minimum atomic E-state index is -0.00173. The van der Waals surface area contributed by atoms with Gasteiger partial charge in [-0.25, -0.2) is 0 Å². The third kappa shape index (κ3) is 3.14. The van der Waals surface area contributed by atoms with E-state index in [1.165, 1.54) is 5.56 Å². The van der Waals surface area contributed by atoms with Crippen molar-refractivity contribution in [3.05, 3.63) is 76.1 Å². The van der Waals surface area contributed by atoms with Crippen LogP contribution in [0.5, 0.6) is 0 Å². The summed E-state index contributed by atoms with van der Waals surface area (Å²) < 4.78 is 1.91. The van der Waals surface area contributed by atoms with Crippen molar-refractivity contribution in [3.63, 3.8) is 0 Å². The van der Waals surface area contributed by atoms with Gasteiger partial charge in [0.2, 0.25) is 0 Å². The van der Waals surface area contributed by atoms with Crippen molar-refractivity contribution in [3.8, 4) is 16.9 Å². The molecule has 0 saturated heterocycles. The Balaban J connectivity index is 2.24. The molecule has 1 heterocycles. The molecule has 0 amide bonds. The number of aryl methyl sites for hydroxylation is 1. The quantitative estimate of drug-likeness (QED) is 0.765. The Kier molecular flexibility index (Phi) is 4.20. The fourth-order valence-electron chi connectivity index (χ4n) is 2.85. The topological polar surface area (TPSA) is 37.8 Å². The number of rotatable bonds is 4. The summed E-state index contributed by atoms with van der Waals surface area (Å²) in [5, 5.41) is 3.01. The number of nitrogens with one attached hydrogen (secondary N) is 1. The van der Waals surface area contributed by atoms with Crippen molar-refractivity contribution in [2.75, 3.05) is 0 Å². The lowest BCUT2D eigenvalue weighted by Gasteiger charge is -2.12. The molecule has 3 heteroatoms. The van der Waals surface area contributed by atoms with Gasteiger partial charge in [-0.2, -0.15) is 0 Å². The van der Waals surface area contributed by atoms with E-state index in [0.29, 0.717) is 5.92 Å². The molecule has 23 heavy (non-hydrogen) atoms. The Labute approximate surface area is 136 Å². The summed E-state index contributed by atoms with van der Waals surface area (Å²) in [7, 11) is 0. The van der Waals surface area contributed by atoms with Gasteiger partial charge in [0.05, 0.1) is 11.4 Å². The van der Waals surface area contributed by atoms with Crippen LogP contribution in [0.15, 0.2) is 59.4 Å². The predicted octanol–water partition coefficient (Wildman–Crippen LogP) is 4.34. The highest BCUT2D eigenvalue weighted by Crippen LogP contribution is 2.26. The van der Waals surface area contributed by atoms with Crippen LogP contribution >= 0.6 is 0 Å². The summed E-state index contributed by atoms with van der Waals surface area (Å²) in [6.45, 7) is 6.34. The van der Waals surface area contributed by atoms with Crippen LogP contribution in [-0.2, 0) is 6.42 Å². The first kappa shape index (κ1) is 15.3. The second-order valence-electron chi connectivity index (χ2n) is 6.40. The fourth-order valence-corrected chi connectivity index (χ4v) is 2.85. The number of H-pyrrole nitrogens is 1. The van der Waals surface area contributed by atoms with Crippen LogP contribution in [0, 0.1) is 12.8 Å². The molecule has 0 radical (unpaired) electrons. The van der Waals surface area contributed by atoms with E-state index in [1.807, 2.05) is 35.0 Å². The van der Waals surface area contributed by atoms with E-state index < -0.39 is 0 Å². The van der Waals surface area contributed by atoms with Crippen molar-refractivity contribution in [2.45, 2.75) is 27.2 Å². The molecule has 2 aromatic carbocycles. The Morgan fingerprint density at radius 2 is 1.65 bits per heavy atom. The van der Waals surface area contributed by atoms with Gasteiger partial charge in [-0.15, -0.1) is 0 Å². The third-order valence-corrected chi connectivity index (χ3v) is 3.95. The number of nitrogens with zero attached hydrogens (tertiary/aromatic N) is 1. The zero-order valence-electron chi connectivity index (χ0n) is 13.8. The molecule has 0 saturated carbocycles. The molecule has 0 aliphatic heterocycles. The normalized spacial score (nSPS) is 11.1. The highest BCUT2D eigenvalue weighted by Gasteiger charge is 2.18. The Morgan fingerprint density at radius 3 is 2.26 bits per heavy atom. The number of benzene rings is 2. The number of hydrogen-bond donors (Lipinski definition) is 1. The van der Waals surface area contributed by atoms with Gasteiger partial charge in [-0.05, 0) is 31.4 Å². The van der Waals surface area contributed by atoms with Crippen LogP contribution in [0.4, 0.5) is 0 Å². The zero-order chi connectivity index (χ0) is 16.4. The fraction of sp³-hybridized carbons (Fsp3) is 0.250. The number of para-hydroxylation sites is 1. The van der Waals surface area contributed by atoms with E-state index in [1.54, 1.807) is 0 Å². The average Bonchev–Trinajstić information content (AvgIpc) is 2.85. The average molecular weight is 306 g/mol. The molecule has 0 bridgehead atoms. The number of hydrogen-bond acceptors (Lipinski definition) is 1. The van der Waals surface area contributed by atoms with Gasteiger partial charge in [-0.3, -0.25) is 14.6 Å². The van der Waals surface area contributed by atoms with Crippen LogP contribution in [0.1, 0.15) is 25.0 Å². The van der Waals surface area contributed by atoms with Crippen LogP contribution in [-0.4, -0.2) is 9.78 Å². The van der Waals surface area contributed by atoms with Gasteiger partial charge in [0.1, 0.15) is 0 Å². The molecule has 0 unspecified atom stereocenters. The summed E-state index contributed by atoms with van der Waals surface area (Å²) in [6.07, 6.45) is 0.762. The summed E-state index contributed by atoms with van der Waals surface area (Å²) in [5.74, 6) is 0.423. The van der Waals surface area contributed by atoms with Crippen molar-refractivity contribution in [2.24, 2.45) is 5.92 Å². The van der Waals surface area contributed by atoms with Gasteiger partial charge in [0, 0.05) is 11.1 Å². The van der Waals surface area contributed by atoms with Gasteiger partial charge in [0.15, 0.2) is 0 Å². The molecule has 118 valence electrons. The predicted molar refractivity (Wildman–Crippen MR) is 95.1 cm³/mol. The van der Waals surface area contributed by atoms with Gasteiger partial charge in [0.25, 0.3) is 5.56 Å². The SMILES string of the molecule is Cc1ccc(-c2c(CC(C)C)c(=O)[nH]n2-c2ccccc2)cc1. The summed E-state index contributed by atoms with van der Waals surface area (Å²) in [6, 6.07) is 18.3. The lowest BCUT2D eigenvalue weighted by atomic mass is 9.99. The Hall–Kier alpha value is -2.55. The molecule has 1 N–H and O–H groups in total. The summed E-state index contributed by atoms with van der Waals surface area (Å²) >= 11 is 0. The van der Waals surface area contributed by atoms with E-state index >= 15 is 0 Å². The molecular weight excluding hydrogens is 284 g/mol. The van der Waals surface area contributed by atoms with Crippen molar-refractivity contribution < 1.29 is 0 Å². The number of aromatic nitrogens is 2. The van der Waals surface area contributed by atoms with E-state index in [4.69, 9.17) is 0 Å². The standard InChI is InChI=1S/C20H22N2O/c1-14(2)13-18-19(16-11-9-15(3)10-12-16)22(21-20(18)23)17-7-5-4-6-8-17/h4-12,14H,13H2,1-3H3,(H,21,23). The molecule has 3 nitrogen and oxygen atoms in total. The highest BCUT2D eigenvalue weighted by atomic mass is 16.1. The largest absolute Gasteiger partial charge is 0.268 e. The number of aromatic amines is 1. The van der Waals surface area contributed by atoms with Crippen LogP contribution in [0.25, 0.3) is 16.9 Å². The van der Waals surface area contributed by atoms with Crippen molar-refractivity contribution in [1.82, 2.24) is 9.78 Å². The van der Waals surface area contributed by atoms with Crippen LogP contribution in [0.3, 0.4) is 0 Å². The summed E-state index contributed by atoms with van der Waals surface area (Å²) in [5.41, 5.74) is 5.06. The first-order valence-electron chi connectivity index (χ1n) is 8.02. The van der Waals surface area contributed by atoms with Crippen molar-refractivity contribution in [1.29, 1.82) is 0 Å².